The average Bonchev–Trinajstić information content (AvgIpc) is 3.32. The van der Waals surface area contributed by atoms with Gasteiger partial charge in [0.25, 0.3) is 5.91 Å². The number of hydrogen-bond acceptors (Lipinski definition) is 6. The maximum atomic E-state index is 13.6. The second-order valence-electron chi connectivity index (χ2n) is 7.47. The van der Waals surface area contributed by atoms with Crippen LogP contribution in [0.5, 0.6) is 17.2 Å². The molecule has 0 saturated heterocycles. The number of aromatic nitrogens is 1. The van der Waals surface area contributed by atoms with Crippen molar-refractivity contribution in [3.8, 4) is 17.2 Å². The van der Waals surface area contributed by atoms with E-state index in [9.17, 15) is 9.59 Å². The summed E-state index contributed by atoms with van der Waals surface area (Å²) in [5.74, 6) is 0.426. The molecule has 0 aliphatic rings. The Hall–Kier alpha value is -4.30. The predicted molar refractivity (Wildman–Crippen MR) is 129 cm³/mol. The molecule has 3 aromatic carbocycles. The third-order valence-corrected chi connectivity index (χ3v) is 5.51. The number of hydrazine groups is 1. The van der Waals surface area contributed by atoms with Gasteiger partial charge < -0.3 is 19.2 Å². The van der Waals surface area contributed by atoms with E-state index in [1.165, 1.54) is 33.5 Å². The second-order valence-corrected chi connectivity index (χ2v) is 7.47. The van der Waals surface area contributed by atoms with E-state index in [0.717, 1.165) is 10.9 Å². The molecular weight excluding hydrogens is 434 g/mol. The van der Waals surface area contributed by atoms with Crippen molar-refractivity contribution in [2.75, 3.05) is 21.3 Å². The van der Waals surface area contributed by atoms with Crippen LogP contribution >= 0.6 is 0 Å². The largest absolute Gasteiger partial charge is 0.493 e. The molecule has 0 bridgehead atoms. The van der Waals surface area contributed by atoms with Crippen molar-refractivity contribution >= 4 is 22.6 Å². The molecule has 1 atom stereocenters. The third kappa shape index (κ3) is 4.44. The van der Waals surface area contributed by atoms with E-state index >= 15 is 0 Å². The lowest BCUT2D eigenvalue weighted by atomic mass is 9.97. The smallest absolute Gasteiger partial charge is 0.265 e. The van der Waals surface area contributed by atoms with Crippen LogP contribution in [-0.2, 0) is 0 Å². The monoisotopic (exact) mass is 459 g/mol. The summed E-state index contributed by atoms with van der Waals surface area (Å²) in [6.45, 7) is 0. The first-order chi connectivity index (χ1) is 16.6. The fraction of sp³-hybridized carbons (Fsp3) is 0.154. The Kier molecular flexibility index (Phi) is 6.79. The standard InChI is InChI=1S/C26H25N3O5/c1-32-21-13-17(14-22(33-2)25(21)34-3)26(31)29-28-23(16-9-5-4-6-10-16)24(30)19-15-27-20-12-8-7-11-18(19)20/h4-15,23,27-28H,1-3H3,(H,29,31)/t23-/m1/s1. The van der Waals surface area contributed by atoms with Gasteiger partial charge in [-0.3, -0.25) is 15.0 Å². The molecule has 1 amide bonds. The van der Waals surface area contributed by atoms with E-state index in [2.05, 4.69) is 15.8 Å². The van der Waals surface area contributed by atoms with Crippen molar-refractivity contribution in [3.63, 3.8) is 0 Å². The first kappa shape index (κ1) is 22.9. The summed E-state index contributed by atoms with van der Waals surface area (Å²) >= 11 is 0. The van der Waals surface area contributed by atoms with Crippen LogP contribution in [0.3, 0.4) is 0 Å². The molecule has 174 valence electrons. The van der Waals surface area contributed by atoms with Gasteiger partial charge in [-0.05, 0) is 23.8 Å². The number of benzene rings is 3. The summed E-state index contributed by atoms with van der Waals surface area (Å²) in [5.41, 5.74) is 7.94. The van der Waals surface area contributed by atoms with Gasteiger partial charge in [-0.15, -0.1) is 0 Å². The van der Waals surface area contributed by atoms with Gasteiger partial charge >= 0.3 is 0 Å². The lowest BCUT2D eigenvalue weighted by molar-refractivity contribution is 0.0883. The zero-order valence-electron chi connectivity index (χ0n) is 19.0. The molecule has 8 nitrogen and oxygen atoms in total. The molecule has 0 spiro atoms. The van der Waals surface area contributed by atoms with E-state index in [4.69, 9.17) is 14.2 Å². The molecule has 0 radical (unpaired) electrons. The Morgan fingerprint density at radius 1 is 0.853 bits per heavy atom. The molecular formula is C26H25N3O5. The van der Waals surface area contributed by atoms with Gasteiger partial charge in [0, 0.05) is 28.2 Å². The maximum absolute atomic E-state index is 13.6. The van der Waals surface area contributed by atoms with E-state index in [-0.39, 0.29) is 11.3 Å². The van der Waals surface area contributed by atoms with Gasteiger partial charge in [0.1, 0.15) is 6.04 Å². The van der Waals surface area contributed by atoms with Crippen molar-refractivity contribution in [1.82, 2.24) is 15.8 Å². The molecule has 3 N–H and O–H groups in total. The number of fused-ring (bicyclic) bond motifs is 1. The summed E-state index contributed by atoms with van der Waals surface area (Å²) in [6.07, 6.45) is 1.69. The van der Waals surface area contributed by atoms with Crippen molar-refractivity contribution in [2.24, 2.45) is 0 Å². The Morgan fingerprint density at radius 3 is 2.15 bits per heavy atom. The van der Waals surface area contributed by atoms with E-state index in [0.29, 0.717) is 28.4 Å². The van der Waals surface area contributed by atoms with E-state index in [1.807, 2.05) is 54.6 Å². The lowest BCUT2D eigenvalue weighted by Crippen LogP contribution is -2.43. The number of aromatic amines is 1. The van der Waals surface area contributed by atoms with Gasteiger partial charge in [-0.2, -0.15) is 0 Å². The number of carbonyl (C=O) groups excluding carboxylic acids is 2. The topological polar surface area (TPSA) is 102 Å². The molecule has 0 aliphatic carbocycles. The number of H-pyrrole nitrogens is 1. The molecule has 8 heteroatoms. The minimum absolute atomic E-state index is 0.186. The highest BCUT2D eigenvalue weighted by Gasteiger charge is 2.25. The Morgan fingerprint density at radius 2 is 1.50 bits per heavy atom. The number of amides is 1. The quantitative estimate of drug-likeness (QED) is 0.258. The summed E-state index contributed by atoms with van der Waals surface area (Å²) in [6, 6.07) is 19.0. The average molecular weight is 460 g/mol. The van der Waals surface area contributed by atoms with Gasteiger partial charge in [0.2, 0.25) is 5.75 Å². The predicted octanol–water partition coefficient (Wildman–Crippen LogP) is 4.05. The Labute approximate surface area is 196 Å². The molecule has 0 fully saturated rings. The number of methoxy groups -OCH3 is 3. The summed E-state index contributed by atoms with van der Waals surface area (Å²) in [7, 11) is 4.44. The third-order valence-electron chi connectivity index (χ3n) is 5.51. The zero-order chi connectivity index (χ0) is 24.1. The molecule has 0 aliphatic heterocycles. The number of hydrogen-bond donors (Lipinski definition) is 3. The lowest BCUT2D eigenvalue weighted by Gasteiger charge is -2.19. The van der Waals surface area contributed by atoms with E-state index < -0.39 is 11.9 Å². The van der Waals surface area contributed by atoms with Crippen molar-refractivity contribution in [2.45, 2.75) is 6.04 Å². The van der Waals surface area contributed by atoms with Crippen LogP contribution in [0, 0.1) is 0 Å². The minimum atomic E-state index is -0.814. The molecule has 1 heterocycles. The molecule has 34 heavy (non-hydrogen) atoms. The van der Waals surface area contributed by atoms with Crippen LogP contribution < -0.4 is 25.1 Å². The number of rotatable bonds is 9. The molecule has 0 saturated carbocycles. The minimum Gasteiger partial charge on any atom is -0.493 e. The van der Waals surface area contributed by atoms with Gasteiger partial charge in [-0.1, -0.05) is 48.5 Å². The highest BCUT2D eigenvalue weighted by atomic mass is 16.5. The van der Waals surface area contributed by atoms with Crippen LogP contribution in [0.25, 0.3) is 10.9 Å². The first-order valence-corrected chi connectivity index (χ1v) is 10.6. The number of ketones is 1. The summed E-state index contributed by atoms with van der Waals surface area (Å²) in [5, 5.41) is 0.811. The summed E-state index contributed by atoms with van der Waals surface area (Å²) < 4.78 is 16.0. The highest BCUT2D eigenvalue weighted by molar-refractivity contribution is 6.10. The SMILES string of the molecule is COc1cc(C(=O)NN[C@@H](C(=O)c2c[nH]c3ccccc23)c2ccccc2)cc(OC)c1OC. The number of carbonyl (C=O) groups is 2. The fourth-order valence-electron chi connectivity index (χ4n) is 3.80. The number of Topliss-reactive ketones (excluding diaryl/α,β-unsaturated/α-hetero) is 1. The first-order valence-electron chi connectivity index (χ1n) is 10.6. The van der Waals surface area contributed by atoms with Crippen LogP contribution in [0.4, 0.5) is 0 Å². The van der Waals surface area contributed by atoms with Crippen LogP contribution in [-0.4, -0.2) is 38.0 Å². The Balaban J connectivity index is 1.62. The molecule has 0 unspecified atom stereocenters. The van der Waals surface area contributed by atoms with E-state index in [1.54, 1.807) is 6.20 Å². The zero-order valence-corrected chi connectivity index (χ0v) is 19.0. The molecule has 4 rings (SSSR count). The van der Waals surface area contributed by atoms with Gasteiger partial charge in [0.15, 0.2) is 17.3 Å². The number of nitrogens with one attached hydrogen (secondary N) is 3. The second kappa shape index (κ2) is 10.1. The van der Waals surface area contributed by atoms with Crippen LogP contribution in [0.1, 0.15) is 32.3 Å². The van der Waals surface area contributed by atoms with Crippen molar-refractivity contribution < 1.29 is 23.8 Å². The van der Waals surface area contributed by atoms with Crippen LogP contribution in [0.2, 0.25) is 0 Å². The van der Waals surface area contributed by atoms with Crippen molar-refractivity contribution in [1.29, 1.82) is 0 Å². The van der Waals surface area contributed by atoms with Gasteiger partial charge in [-0.25, -0.2) is 5.43 Å². The van der Waals surface area contributed by atoms with Crippen LogP contribution in [0.15, 0.2) is 72.9 Å². The maximum Gasteiger partial charge on any atom is 0.265 e. The normalized spacial score (nSPS) is 11.6. The highest BCUT2D eigenvalue weighted by Crippen LogP contribution is 2.38. The summed E-state index contributed by atoms with van der Waals surface area (Å²) in [4.78, 5) is 29.7. The molecule has 4 aromatic rings. The fourth-order valence-corrected chi connectivity index (χ4v) is 3.80. The Bertz CT molecular complexity index is 1290. The van der Waals surface area contributed by atoms with Gasteiger partial charge in [0.05, 0.1) is 21.3 Å². The number of para-hydroxylation sites is 1. The number of ether oxygens (including phenoxy) is 3. The van der Waals surface area contributed by atoms with Crippen molar-refractivity contribution in [3.05, 3.63) is 89.6 Å². The molecule has 1 aromatic heterocycles.